The maximum Gasteiger partial charge on any atom is 0.214 e. The van der Waals surface area contributed by atoms with Gasteiger partial charge in [-0.25, -0.2) is 18.1 Å². The molecule has 2 aliphatic rings. The zero-order chi connectivity index (χ0) is 18.8. The first kappa shape index (κ1) is 17.1. The molecule has 0 unspecified atom stereocenters. The summed E-state index contributed by atoms with van der Waals surface area (Å²) in [5, 5.41) is 8.64. The predicted molar refractivity (Wildman–Crippen MR) is 102 cm³/mol. The number of nitrogens with one attached hydrogen (secondary N) is 2. The lowest BCUT2D eigenvalue weighted by Gasteiger charge is -2.21. The number of nitrogens with zero attached hydrogens (tertiary/aromatic N) is 4. The van der Waals surface area contributed by atoms with Crippen molar-refractivity contribution in [2.75, 3.05) is 0 Å². The number of hydrogen-bond donors (Lipinski definition) is 2. The molecule has 0 saturated heterocycles. The van der Waals surface area contributed by atoms with Crippen molar-refractivity contribution in [3.05, 3.63) is 24.3 Å². The highest BCUT2D eigenvalue weighted by Crippen LogP contribution is 2.44. The van der Waals surface area contributed by atoms with Crippen LogP contribution in [0.4, 0.5) is 0 Å². The Labute approximate surface area is 157 Å². The molecule has 0 spiro atoms. The number of rotatable bonds is 5. The number of aromatic nitrogens is 5. The van der Waals surface area contributed by atoms with Gasteiger partial charge in [-0.1, -0.05) is 13.8 Å². The van der Waals surface area contributed by atoms with Gasteiger partial charge in [0.2, 0.25) is 10.0 Å². The third kappa shape index (κ3) is 2.84. The third-order valence-corrected chi connectivity index (χ3v) is 8.07. The van der Waals surface area contributed by atoms with E-state index in [1.54, 1.807) is 6.20 Å². The van der Waals surface area contributed by atoms with E-state index in [1.807, 2.05) is 12.3 Å². The van der Waals surface area contributed by atoms with Crippen LogP contribution in [0, 0.1) is 11.8 Å². The summed E-state index contributed by atoms with van der Waals surface area (Å²) >= 11 is 0. The summed E-state index contributed by atoms with van der Waals surface area (Å²) < 4.78 is 29.9. The van der Waals surface area contributed by atoms with E-state index < -0.39 is 10.0 Å². The summed E-state index contributed by atoms with van der Waals surface area (Å²) in [5.41, 5.74) is 2.48. The second-order valence-corrected chi connectivity index (χ2v) is 10.3. The maximum absolute atomic E-state index is 12.4. The molecule has 0 radical (unpaired) electrons. The Morgan fingerprint density at radius 1 is 1.26 bits per heavy atom. The molecule has 144 valence electrons. The normalized spacial score (nSPS) is 26.6. The van der Waals surface area contributed by atoms with Crippen LogP contribution in [0.5, 0.6) is 0 Å². The molecule has 0 aliphatic heterocycles. The smallest absolute Gasteiger partial charge is 0.214 e. The van der Waals surface area contributed by atoms with Crippen molar-refractivity contribution in [3.63, 3.8) is 0 Å². The van der Waals surface area contributed by atoms with Gasteiger partial charge >= 0.3 is 0 Å². The molecular formula is C18H24N6O2S. The Hall–Kier alpha value is -2.00. The zero-order valence-electron chi connectivity index (χ0n) is 15.5. The van der Waals surface area contributed by atoms with Gasteiger partial charge in [-0.3, -0.25) is 4.40 Å². The van der Waals surface area contributed by atoms with Crippen LogP contribution in [0.3, 0.4) is 0 Å². The van der Waals surface area contributed by atoms with Crippen molar-refractivity contribution < 1.29 is 8.42 Å². The standard InChI is InChI=1S/C18H24N6O2S/c1-10(2)13-7-11(23-27(25,26)12-3-4-12)8-14(13)18-22-21-16-9-20-17-15(24(16)18)5-6-19-17/h5-6,9-14,19,23H,3-4,7-8H2,1-2H3/t11-,13-,14-/m0/s1. The molecule has 2 fully saturated rings. The van der Waals surface area contributed by atoms with Gasteiger partial charge in [0.05, 0.1) is 17.0 Å². The number of fused-ring (bicyclic) bond motifs is 3. The van der Waals surface area contributed by atoms with Gasteiger partial charge in [-0.15, -0.1) is 10.2 Å². The lowest BCUT2D eigenvalue weighted by atomic mass is 9.85. The van der Waals surface area contributed by atoms with E-state index in [1.165, 1.54) is 0 Å². The average Bonchev–Trinajstić information content (AvgIpc) is 3.05. The molecule has 3 aromatic rings. The predicted octanol–water partition coefficient (Wildman–Crippen LogP) is 2.21. The largest absolute Gasteiger partial charge is 0.345 e. The Morgan fingerprint density at radius 2 is 2.07 bits per heavy atom. The van der Waals surface area contributed by atoms with Gasteiger partial charge in [0.15, 0.2) is 11.3 Å². The molecule has 0 aromatic carbocycles. The van der Waals surface area contributed by atoms with Crippen molar-refractivity contribution in [2.24, 2.45) is 11.8 Å². The Balaban J connectivity index is 1.53. The fourth-order valence-electron chi connectivity index (χ4n) is 4.55. The van der Waals surface area contributed by atoms with Crippen molar-refractivity contribution >= 4 is 26.8 Å². The fourth-order valence-corrected chi connectivity index (χ4v) is 6.15. The minimum atomic E-state index is -3.19. The summed E-state index contributed by atoms with van der Waals surface area (Å²) in [7, 11) is -3.19. The van der Waals surface area contributed by atoms with Crippen LogP contribution in [0.15, 0.2) is 18.5 Å². The third-order valence-electron chi connectivity index (χ3n) is 6.06. The van der Waals surface area contributed by atoms with Crippen LogP contribution >= 0.6 is 0 Å². The molecule has 0 amide bonds. The number of aromatic amines is 1. The minimum absolute atomic E-state index is 0.0381. The molecule has 5 rings (SSSR count). The summed E-state index contributed by atoms with van der Waals surface area (Å²) in [5.74, 6) is 1.85. The van der Waals surface area contributed by atoms with E-state index in [-0.39, 0.29) is 17.2 Å². The van der Waals surface area contributed by atoms with Crippen LogP contribution in [0.1, 0.15) is 51.3 Å². The lowest BCUT2D eigenvalue weighted by Crippen LogP contribution is -2.35. The zero-order valence-corrected chi connectivity index (χ0v) is 16.3. The van der Waals surface area contributed by atoms with E-state index in [0.717, 1.165) is 48.3 Å². The molecule has 0 bridgehead atoms. The van der Waals surface area contributed by atoms with Crippen LogP contribution in [-0.4, -0.2) is 44.3 Å². The molecule has 8 nitrogen and oxygen atoms in total. The number of hydrogen-bond acceptors (Lipinski definition) is 5. The van der Waals surface area contributed by atoms with E-state index >= 15 is 0 Å². The molecule has 3 heterocycles. The van der Waals surface area contributed by atoms with Crippen LogP contribution < -0.4 is 4.72 Å². The second kappa shape index (κ2) is 6.00. The fraction of sp³-hybridized carbons (Fsp3) is 0.611. The Bertz CT molecular complexity index is 1100. The second-order valence-electron chi connectivity index (χ2n) is 8.27. The van der Waals surface area contributed by atoms with Crippen LogP contribution in [0.25, 0.3) is 16.8 Å². The van der Waals surface area contributed by atoms with E-state index in [9.17, 15) is 8.42 Å². The highest BCUT2D eigenvalue weighted by Gasteiger charge is 2.43. The van der Waals surface area contributed by atoms with Gasteiger partial charge in [0, 0.05) is 18.2 Å². The Morgan fingerprint density at radius 3 is 2.81 bits per heavy atom. The van der Waals surface area contributed by atoms with Gasteiger partial charge in [0.1, 0.15) is 5.82 Å². The van der Waals surface area contributed by atoms with Crippen molar-refractivity contribution in [3.8, 4) is 0 Å². The Kier molecular flexibility index (Phi) is 3.80. The van der Waals surface area contributed by atoms with Crippen LogP contribution in [0.2, 0.25) is 0 Å². The topological polar surface area (TPSA) is 105 Å². The van der Waals surface area contributed by atoms with Crippen molar-refractivity contribution in [1.29, 1.82) is 0 Å². The first-order valence-electron chi connectivity index (χ1n) is 9.62. The quantitative estimate of drug-likeness (QED) is 0.697. The molecule has 2 saturated carbocycles. The average molecular weight is 388 g/mol. The van der Waals surface area contributed by atoms with Gasteiger partial charge in [-0.2, -0.15) is 0 Å². The number of sulfonamides is 1. The molecule has 9 heteroatoms. The van der Waals surface area contributed by atoms with Gasteiger partial charge in [-0.05, 0) is 43.6 Å². The molecule has 3 aromatic heterocycles. The summed E-state index contributed by atoms with van der Waals surface area (Å²) in [6, 6.07) is 1.94. The van der Waals surface area contributed by atoms with E-state index in [4.69, 9.17) is 0 Å². The highest BCUT2D eigenvalue weighted by molar-refractivity contribution is 7.90. The molecule has 3 atom stereocenters. The van der Waals surface area contributed by atoms with Crippen molar-refractivity contribution in [1.82, 2.24) is 29.3 Å². The molecule has 27 heavy (non-hydrogen) atoms. The molecule has 2 aliphatic carbocycles. The first-order chi connectivity index (χ1) is 12.9. The van der Waals surface area contributed by atoms with Gasteiger partial charge in [0.25, 0.3) is 0 Å². The molecule has 2 N–H and O–H groups in total. The van der Waals surface area contributed by atoms with E-state index in [0.29, 0.717) is 11.8 Å². The van der Waals surface area contributed by atoms with Crippen molar-refractivity contribution in [2.45, 2.75) is 56.7 Å². The first-order valence-corrected chi connectivity index (χ1v) is 11.2. The van der Waals surface area contributed by atoms with Gasteiger partial charge < -0.3 is 4.98 Å². The number of H-pyrrole nitrogens is 1. The van der Waals surface area contributed by atoms with E-state index in [2.05, 4.69) is 43.1 Å². The monoisotopic (exact) mass is 388 g/mol. The maximum atomic E-state index is 12.4. The molecular weight excluding hydrogens is 364 g/mol. The summed E-state index contributed by atoms with van der Waals surface area (Å²) in [4.78, 5) is 7.52. The summed E-state index contributed by atoms with van der Waals surface area (Å²) in [6.45, 7) is 4.40. The highest BCUT2D eigenvalue weighted by atomic mass is 32.2. The van der Waals surface area contributed by atoms with Crippen LogP contribution in [-0.2, 0) is 10.0 Å². The SMILES string of the molecule is CC(C)[C@@H]1C[C@H](NS(=O)(=O)C2CC2)C[C@@H]1c1nnc2cnc3[nH]ccc3n12. The summed E-state index contributed by atoms with van der Waals surface area (Å²) in [6.07, 6.45) is 6.75. The lowest BCUT2D eigenvalue weighted by molar-refractivity contribution is 0.345. The minimum Gasteiger partial charge on any atom is -0.345 e.